The van der Waals surface area contributed by atoms with Gasteiger partial charge < -0.3 is 4.74 Å². The molecule has 1 unspecified atom stereocenters. The van der Waals surface area contributed by atoms with Crippen molar-refractivity contribution in [3.8, 4) is 0 Å². The topological polar surface area (TPSA) is 29.5 Å². The van der Waals surface area contributed by atoms with Crippen LogP contribution in [0.4, 0.5) is 9.18 Å². The van der Waals surface area contributed by atoms with Gasteiger partial charge in [-0.2, -0.15) is 0 Å². The highest BCUT2D eigenvalue weighted by molar-refractivity contribution is 5.70. The Kier molecular flexibility index (Phi) is 5.45. The number of nitrogens with zero attached hydrogens (tertiary/aromatic N) is 1. The molecule has 1 amide bonds. The minimum atomic E-state index is -0.500. The third kappa shape index (κ3) is 5.38. The summed E-state index contributed by atoms with van der Waals surface area (Å²) in [4.78, 5) is 14.2. The van der Waals surface area contributed by atoms with Gasteiger partial charge in [-0.25, -0.2) is 9.18 Å². The molecule has 1 atom stereocenters. The summed E-state index contributed by atoms with van der Waals surface area (Å²) in [7, 11) is 0. The third-order valence-corrected chi connectivity index (χ3v) is 3.79. The lowest BCUT2D eigenvalue weighted by Crippen LogP contribution is -2.40. The molecule has 0 aliphatic carbocycles. The summed E-state index contributed by atoms with van der Waals surface area (Å²) in [5.41, 5.74) is 1.57. The SMILES string of the molecule is CC1CC=C(CCc2ccc(F)cc2)N(C(=O)OC(C)(C)C)C1. The molecule has 1 aromatic rings. The molecule has 0 aromatic heterocycles. The standard InChI is InChI=1S/C19H26FNO2/c1-14-5-11-17(12-8-15-6-9-16(20)10-7-15)21(13-14)18(22)23-19(2,3)4/h6-7,9-11,14H,5,8,12-13H2,1-4H3. The van der Waals surface area contributed by atoms with Crippen molar-refractivity contribution in [2.75, 3.05) is 6.54 Å². The Balaban J connectivity index is 2.04. The fourth-order valence-corrected chi connectivity index (χ4v) is 2.62. The maximum atomic E-state index is 13.0. The maximum absolute atomic E-state index is 13.0. The highest BCUT2D eigenvalue weighted by atomic mass is 19.1. The van der Waals surface area contributed by atoms with Crippen LogP contribution in [0.15, 0.2) is 36.0 Å². The molecule has 1 aliphatic heterocycles. The van der Waals surface area contributed by atoms with Gasteiger partial charge in [0.25, 0.3) is 0 Å². The summed E-state index contributed by atoms with van der Waals surface area (Å²) >= 11 is 0. The molecule has 0 saturated heterocycles. The van der Waals surface area contributed by atoms with Crippen molar-refractivity contribution in [2.45, 2.75) is 52.6 Å². The molecule has 0 radical (unpaired) electrons. The van der Waals surface area contributed by atoms with E-state index < -0.39 is 5.60 Å². The third-order valence-electron chi connectivity index (χ3n) is 3.79. The second-order valence-electron chi connectivity index (χ2n) is 7.25. The zero-order valence-corrected chi connectivity index (χ0v) is 14.4. The quantitative estimate of drug-likeness (QED) is 0.791. The van der Waals surface area contributed by atoms with Crippen LogP contribution in [0.25, 0.3) is 0 Å². The van der Waals surface area contributed by atoms with E-state index >= 15 is 0 Å². The number of hydrogen-bond donors (Lipinski definition) is 0. The van der Waals surface area contributed by atoms with Crippen LogP contribution >= 0.6 is 0 Å². The Morgan fingerprint density at radius 3 is 2.52 bits per heavy atom. The zero-order chi connectivity index (χ0) is 17.0. The largest absolute Gasteiger partial charge is 0.443 e. The van der Waals surface area contributed by atoms with E-state index in [0.29, 0.717) is 12.5 Å². The number of amides is 1. The number of benzene rings is 1. The minimum Gasteiger partial charge on any atom is -0.443 e. The average Bonchev–Trinajstić information content (AvgIpc) is 2.46. The summed E-state index contributed by atoms with van der Waals surface area (Å²) in [6.07, 6.45) is 4.34. The minimum absolute atomic E-state index is 0.227. The van der Waals surface area contributed by atoms with E-state index in [9.17, 15) is 9.18 Å². The van der Waals surface area contributed by atoms with Crippen molar-refractivity contribution < 1.29 is 13.9 Å². The highest BCUT2D eigenvalue weighted by Crippen LogP contribution is 2.25. The summed E-state index contributed by atoms with van der Waals surface area (Å²) in [6.45, 7) is 8.44. The van der Waals surface area contributed by atoms with Crippen LogP contribution < -0.4 is 0 Å². The fraction of sp³-hybridized carbons (Fsp3) is 0.526. The lowest BCUT2D eigenvalue weighted by molar-refractivity contribution is 0.0273. The van der Waals surface area contributed by atoms with E-state index in [0.717, 1.165) is 30.5 Å². The zero-order valence-electron chi connectivity index (χ0n) is 14.4. The molecule has 0 spiro atoms. The predicted molar refractivity (Wildman–Crippen MR) is 89.5 cm³/mol. The molecular weight excluding hydrogens is 293 g/mol. The number of aryl methyl sites for hydroxylation is 1. The Labute approximate surface area is 138 Å². The number of halogens is 1. The molecule has 1 heterocycles. The van der Waals surface area contributed by atoms with E-state index in [1.165, 1.54) is 12.1 Å². The second kappa shape index (κ2) is 7.16. The van der Waals surface area contributed by atoms with E-state index in [2.05, 4.69) is 13.0 Å². The molecule has 0 saturated carbocycles. The van der Waals surface area contributed by atoms with Gasteiger partial charge in [0.15, 0.2) is 0 Å². The van der Waals surface area contributed by atoms with Gasteiger partial charge in [-0.1, -0.05) is 25.1 Å². The molecule has 0 N–H and O–H groups in total. The van der Waals surface area contributed by atoms with Crippen LogP contribution in [0.3, 0.4) is 0 Å². The highest BCUT2D eigenvalue weighted by Gasteiger charge is 2.28. The molecule has 3 nitrogen and oxygen atoms in total. The van der Waals surface area contributed by atoms with Gasteiger partial charge in [-0.05, 0) is 63.6 Å². The molecule has 1 aliphatic rings. The van der Waals surface area contributed by atoms with Crippen LogP contribution in [0, 0.1) is 11.7 Å². The first-order valence-electron chi connectivity index (χ1n) is 8.18. The van der Waals surface area contributed by atoms with Crippen molar-refractivity contribution in [1.29, 1.82) is 0 Å². The van der Waals surface area contributed by atoms with Crippen molar-refractivity contribution >= 4 is 6.09 Å². The number of hydrogen-bond acceptors (Lipinski definition) is 2. The van der Waals surface area contributed by atoms with E-state index in [-0.39, 0.29) is 11.9 Å². The van der Waals surface area contributed by atoms with Gasteiger partial charge in [0.1, 0.15) is 11.4 Å². The van der Waals surface area contributed by atoms with Gasteiger partial charge >= 0.3 is 6.09 Å². The number of rotatable bonds is 3. The summed E-state index contributed by atoms with van der Waals surface area (Å²) < 4.78 is 18.5. The Morgan fingerprint density at radius 1 is 1.26 bits per heavy atom. The monoisotopic (exact) mass is 319 g/mol. The number of allylic oxidation sites excluding steroid dienone is 2. The van der Waals surface area contributed by atoms with Crippen molar-refractivity contribution in [1.82, 2.24) is 4.90 Å². The van der Waals surface area contributed by atoms with E-state index in [1.54, 1.807) is 17.0 Å². The molecule has 1 aromatic carbocycles. The normalized spacial score (nSPS) is 18.6. The molecule has 23 heavy (non-hydrogen) atoms. The van der Waals surface area contributed by atoms with Crippen LogP contribution in [-0.2, 0) is 11.2 Å². The molecule has 0 bridgehead atoms. The average molecular weight is 319 g/mol. The summed E-state index contributed by atoms with van der Waals surface area (Å²) in [5, 5.41) is 0. The van der Waals surface area contributed by atoms with Crippen molar-refractivity contribution in [2.24, 2.45) is 5.92 Å². The van der Waals surface area contributed by atoms with Crippen LogP contribution in [0.5, 0.6) is 0 Å². The van der Waals surface area contributed by atoms with Gasteiger partial charge in [0, 0.05) is 12.2 Å². The van der Waals surface area contributed by atoms with E-state index in [1.807, 2.05) is 20.8 Å². The van der Waals surface area contributed by atoms with Crippen molar-refractivity contribution in [3.63, 3.8) is 0 Å². The first kappa shape index (κ1) is 17.5. The van der Waals surface area contributed by atoms with Crippen LogP contribution in [-0.4, -0.2) is 23.1 Å². The fourth-order valence-electron chi connectivity index (χ4n) is 2.62. The second-order valence-corrected chi connectivity index (χ2v) is 7.25. The summed E-state index contributed by atoms with van der Waals surface area (Å²) in [6, 6.07) is 6.52. The molecule has 2 rings (SSSR count). The predicted octanol–water partition coefficient (Wildman–Crippen LogP) is 4.92. The molecular formula is C19H26FNO2. The van der Waals surface area contributed by atoms with Crippen LogP contribution in [0.1, 0.15) is 46.1 Å². The lowest BCUT2D eigenvalue weighted by Gasteiger charge is -2.33. The molecule has 4 heteroatoms. The Hall–Kier alpha value is -1.84. The van der Waals surface area contributed by atoms with Crippen molar-refractivity contribution in [3.05, 3.63) is 47.4 Å². The maximum Gasteiger partial charge on any atom is 0.414 e. The molecule has 126 valence electrons. The lowest BCUT2D eigenvalue weighted by atomic mass is 9.98. The summed E-state index contributed by atoms with van der Waals surface area (Å²) in [5.74, 6) is 0.201. The van der Waals surface area contributed by atoms with Gasteiger partial charge in [0.2, 0.25) is 0 Å². The first-order valence-corrected chi connectivity index (χ1v) is 8.18. The Bertz CT molecular complexity index is 572. The number of ether oxygens (including phenoxy) is 1. The first-order chi connectivity index (χ1) is 10.7. The Morgan fingerprint density at radius 2 is 1.91 bits per heavy atom. The number of carbonyl (C=O) groups excluding carboxylic acids is 1. The van der Waals surface area contributed by atoms with Gasteiger partial charge in [-0.15, -0.1) is 0 Å². The number of carbonyl (C=O) groups is 1. The smallest absolute Gasteiger partial charge is 0.414 e. The van der Waals surface area contributed by atoms with Gasteiger partial charge in [-0.3, -0.25) is 4.90 Å². The van der Waals surface area contributed by atoms with E-state index in [4.69, 9.17) is 4.74 Å². The van der Waals surface area contributed by atoms with Gasteiger partial charge in [0.05, 0.1) is 0 Å². The van der Waals surface area contributed by atoms with Crippen LogP contribution in [0.2, 0.25) is 0 Å². The molecule has 0 fully saturated rings.